The van der Waals surface area contributed by atoms with E-state index in [4.69, 9.17) is 16.4 Å². The average molecular weight is 457 g/mol. The molecular weight excluding hydrogens is 428 g/mol. The Balaban J connectivity index is 1.40. The van der Waals surface area contributed by atoms with Crippen LogP contribution in [0, 0.1) is 18.4 Å². The van der Waals surface area contributed by atoms with E-state index in [1.54, 1.807) is 25.4 Å². The molecule has 8 heteroatoms. The first-order chi connectivity index (χ1) is 16.5. The largest absolute Gasteiger partial charge is 0.494 e. The van der Waals surface area contributed by atoms with Crippen molar-refractivity contribution in [3.63, 3.8) is 0 Å². The molecule has 0 bridgehead atoms. The Labute approximate surface area is 198 Å². The Kier molecular flexibility index (Phi) is 5.70. The summed E-state index contributed by atoms with van der Waals surface area (Å²) in [6.07, 6.45) is 9.94. The zero-order chi connectivity index (χ0) is 23.8. The molecule has 5 rings (SSSR count). The molecule has 0 saturated heterocycles. The molecule has 0 aliphatic heterocycles. The highest BCUT2D eigenvalue weighted by atomic mass is 16.5. The number of ether oxygens (including phenoxy) is 1. The van der Waals surface area contributed by atoms with Crippen LogP contribution in [0.4, 0.5) is 16.2 Å². The van der Waals surface area contributed by atoms with Crippen molar-refractivity contribution >= 4 is 39.3 Å². The van der Waals surface area contributed by atoms with Crippen molar-refractivity contribution < 1.29 is 9.53 Å². The molecule has 0 spiro atoms. The molecule has 34 heavy (non-hydrogen) atoms. The molecule has 1 aliphatic rings. The minimum atomic E-state index is -0.352. The highest BCUT2D eigenvalue weighted by Crippen LogP contribution is 2.37. The average Bonchev–Trinajstić information content (AvgIpc) is 3.46. The van der Waals surface area contributed by atoms with Crippen LogP contribution >= 0.6 is 0 Å². The molecule has 174 valence electrons. The molecular formula is C26H28N6O2. The summed E-state index contributed by atoms with van der Waals surface area (Å²) in [7, 11) is 1.58. The molecule has 3 aromatic heterocycles. The number of nitrogens with one attached hydrogen (secondary N) is 1. The van der Waals surface area contributed by atoms with Crippen LogP contribution in [0.1, 0.15) is 45.6 Å². The summed E-state index contributed by atoms with van der Waals surface area (Å²) < 4.78 is 9.08. The second-order valence-corrected chi connectivity index (χ2v) is 9.37. The van der Waals surface area contributed by atoms with E-state index in [0.29, 0.717) is 28.8 Å². The molecule has 4 aromatic rings. The molecule has 1 N–H and O–H groups in total. The van der Waals surface area contributed by atoms with Gasteiger partial charge in [-0.1, -0.05) is 13.8 Å². The van der Waals surface area contributed by atoms with Crippen LogP contribution in [0.3, 0.4) is 0 Å². The Bertz CT molecular complexity index is 1400. The van der Waals surface area contributed by atoms with Crippen LogP contribution in [0.2, 0.25) is 0 Å². The van der Waals surface area contributed by atoms with E-state index < -0.39 is 0 Å². The first-order valence-corrected chi connectivity index (χ1v) is 11.7. The van der Waals surface area contributed by atoms with E-state index in [0.717, 1.165) is 41.0 Å². The summed E-state index contributed by atoms with van der Waals surface area (Å²) in [6.45, 7) is 11.8. The van der Waals surface area contributed by atoms with Crippen molar-refractivity contribution in [1.29, 1.82) is 0 Å². The molecule has 1 aliphatic carbocycles. The van der Waals surface area contributed by atoms with Crippen LogP contribution < -0.4 is 10.1 Å². The van der Waals surface area contributed by atoms with Gasteiger partial charge in [0.15, 0.2) is 0 Å². The second-order valence-electron chi connectivity index (χ2n) is 9.37. The Morgan fingerprint density at radius 3 is 2.71 bits per heavy atom. The molecule has 0 unspecified atom stereocenters. The van der Waals surface area contributed by atoms with Crippen molar-refractivity contribution in [3.8, 4) is 5.75 Å². The summed E-state index contributed by atoms with van der Waals surface area (Å²) in [5.74, 6) is 2.08. The third kappa shape index (κ3) is 3.98. The van der Waals surface area contributed by atoms with Crippen LogP contribution in [0.25, 0.3) is 26.8 Å². The van der Waals surface area contributed by atoms with E-state index in [9.17, 15) is 4.79 Å². The third-order valence-corrected chi connectivity index (χ3v) is 7.00. The predicted octanol–water partition coefficient (Wildman–Crippen LogP) is 6.41. The number of methoxy groups -OCH3 is 1. The number of aromatic nitrogens is 4. The fourth-order valence-corrected chi connectivity index (χ4v) is 4.97. The quantitative estimate of drug-likeness (QED) is 0.360. The smallest absolute Gasteiger partial charge is 0.331 e. The summed E-state index contributed by atoms with van der Waals surface area (Å²) >= 11 is 0. The maximum atomic E-state index is 13.1. The van der Waals surface area contributed by atoms with Gasteiger partial charge < -0.3 is 10.1 Å². The van der Waals surface area contributed by atoms with Gasteiger partial charge in [-0.3, -0.25) is 9.25 Å². The van der Waals surface area contributed by atoms with Crippen molar-refractivity contribution in [2.45, 2.75) is 45.6 Å². The number of benzene rings is 1. The van der Waals surface area contributed by atoms with Gasteiger partial charge in [0.05, 0.1) is 30.9 Å². The van der Waals surface area contributed by atoms with Gasteiger partial charge in [0.25, 0.3) is 0 Å². The second kappa shape index (κ2) is 8.82. The van der Waals surface area contributed by atoms with Crippen LogP contribution in [0.5, 0.6) is 5.75 Å². The van der Waals surface area contributed by atoms with Gasteiger partial charge in [-0.05, 0) is 55.7 Å². The number of anilines is 1. The zero-order valence-electron chi connectivity index (χ0n) is 19.7. The number of rotatable bonds is 4. The van der Waals surface area contributed by atoms with Gasteiger partial charge in [-0.2, -0.15) is 5.10 Å². The van der Waals surface area contributed by atoms with Crippen LogP contribution in [-0.4, -0.2) is 32.5 Å². The molecule has 8 nitrogen and oxygen atoms in total. The van der Waals surface area contributed by atoms with Crippen molar-refractivity contribution in [2.75, 3.05) is 12.4 Å². The fraction of sp³-hybridized carbons (Fsp3) is 0.385. The van der Waals surface area contributed by atoms with Gasteiger partial charge in [-0.25, -0.2) is 14.6 Å². The molecule has 1 saturated carbocycles. The SMILES string of the molecule is [C-]#[N+]c1cnc2c(ccn2C(=O)Nc2cc3cn(C4CCC(C(C)C)CC4)nc3cc2OC)c1. The minimum absolute atomic E-state index is 0.352. The monoisotopic (exact) mass is 456 g/mol. The lowest BCUT2D eigenvalue weighted by atomic mass is 9.80. The van der Waals surface area contributed by atoms with E-state index in [2.05, 4.69) is 39.9 Å². The summed E-state index contributed by atoms with van der Waals surface area (Å²) in [5.41, 5.74) is 2.35. The maximum Gasteiger partial charge on any atom is 0.331 e. The van der Waals surface area contributed by atoms with Crippen LogP contribution in [-0.2, 0) is 0 Å². The normalized spacial score (nSPS) is 18.3. The standard InChI is InChI=1S/C26H28N6O2/c1-16(2)17-5-7-21(8-6-17)32-15-19-12-23(24(34-4)13-22(19)30-32)29-26(33)31-10-9-18-11-20(27-3)14-28-25(18)31/h9-17,21H,5-8H2,1-2,4H3,(H,29,33). The number of amides is 1. The van der Waals surface area contributed by atoms with E-state index in [1.807, 2.05) is 12.1 Å². The molecule has 3 heterocycles. The van der Waals surface area contributed by atoms with Crippen molar-refractivity contribution in [3.05, 3.63) is 54.3 Å². The lowest BCUT2D eigenvalue weighted by Gasteiger charge is -2.30. The Hall–Kier alpha value is -3.86. The fourth-order valence-electron chi connectivity index (χ4n) is 4.97. The van der Waals surface area contributed by atoms with E-state index >= 15 is 0 Å². The van der Waals surface area contributed by atoms with Gasteiger partial charge >= 0.3 is 6.03 Å². The molecule has 1 fully saturated rings. The van der Waals surface area contributed by atoms with Gasteiger partial charge in [-0.15, -0.1) is 0 Å². The Morgan fingerprint density at radius 2 is 2.00 bits per heavy atom. The van der Waals surface area contributed by atoms with Gasteiger partial charge in [0.2, 0.25) is 5.69 Å². The first-order valence-electron chi connectivity index (χ1n) is 11.7. The summed E-state index contributed by atoms with van der Waals surface area (Å²) in [5, 5.41) is 9.47. The molecule has 1 aromatic carbocycles. The number of carbonyl (C=O) groups excluding carboxylic acids is 1. The third-order valence-electron chi connectivity index (χ3n) is 7.00. The molecule has 0 radical (unpaired) electrons. The lowest BCUT2D eigenvalue weighted by Crippen LogP contribution is -2.21. The van der Waals surface area contributed by atoms with Gasteiger partial charge in [0, 0.05) is 35.4 Å². The van der Waals surface area contributed by atoms with Crippen molar-refractivity contribution in [1.82, 2.24) is 19.3 Å². The predicted molar refractivity (Wildman–Crippen MR) is 133 cm³/mol. The topological polar surface area (TPSA) is 78.3 Å². The number of hydrogen-bond acceptors (Lipinski definition) is 4. The highest BCUT2D eigenvalue weighted by molar-refractivity contribution is 6.00. The highest BCUT2D eigenvalue weighted by Gasteiger charge is 2.25. The lowest BCUT2D eigenvalue weighted by molar-refractivity contribution is 0.217. The van der Waals surface area contributed by atoms with Crippen LogP contribution in [0.15, 0.2) is 42.9 Å². The Morgan fingerprint density at radius 1 is 1.21 bits per heavy atom. The number of nitrogens with zero attached hydrogens (tertiary/aromatic N) is 5. The number of hydrogen-bond donors (Lipinski definition) is 1. The molecule has 0 atom stereocenters. The van der Waals surface area contributed by atoms with Crippen molar-refractivity contribution in [2.24, 2.45) is 11.8 Å². The first kappa shape index (κ1) is 22.0. The van der Waals surface area contributed by atoms with Gasteiger partial charge in [0.1, 0.15) is 11.4 Å². The van der Waals surface area contributed by atoms with E-state index in [-0.39, 0.29) is 6.03 Å². The number of fused-ring (bicyclic) bond motifs is 2. The minimum Gasteiger partial charge on any atom is -0.494 e. The van der Waals surface area contributed by atoms with E-state index in [1.165, 1.54) is 23.6 Å². The molecule has 1 amide bonds. The number of pyridine rings is 1. The summed E-state index contributed by atoms with van der Waals surface area (Å²) in [6, 6.07) is 7.32. The summed E-state index contributed by atoms with van der Waals surface area (Å²) in [4.78, 5) is 20.7. The number of carbonyl (C=O) groups is 1. The zero-order valence-corrected chi connectivity index (χ0v) is 19.7. The maximum absolute atomic E-state index is 13.1.